The number of rotatable bonds is 4. The number of aliphatic carboxylic acids is 1. The smallest absolute Gasteiger partial charge is 0.325 e. The van der Waals surface area contributed by atoms with Crippen molar-refractivity contribution in [2.45, 2.75) is 19.4 Å². The Morgan fingerprint density at radius 1 is 1.38 bits per heavy atom. The van der Waals surface area contributed by atoms with E-state index in [1.54, 1.807) is 4.90 Å². The zero-order chi connectivity index (χ0) is 15.4. The lowest BCUT2D eigenvalue weighted by molar-refractivity contribution is -0.137. The molecule has 0 bridgehead atoms. The second-order valence-corrected chi connectivity index (χ2v) is 4.91. The third-order valence-corrected chi connectivity index (χ3v) is 3.37. The molecule has 4 N–H and O–H groups in total. The van der Waals surface area contributed by atoms with Crippen LogP contribution in [0.15, 0.2) is 12.4 Å². The Kier molecular flexibility index (Phi) is 4.41. The third-order valence-electron chi connectivity index (χ3n) is 3.37. The molecular formula is C12H17N5O4. The lowest BCUT2D eigenvalue weighted by Gasteiger charge is -2.30. The summed E-state index contributed by atoms with van der Waals surface area (Å²) in [5.74, 6) is -1.51. The van der Waals surface area contributed by atoms with Crippen molar-refractivity contribution in [3.05, 3.63) is 12.4 Å². The molecule has 9 nitrogen and oxygen atoms in total. The molecule has 1 saturated heterocycles. The first-order valence-corrected chi connectivity index (χ1v) is 6.55. The maximum absolute atomic E-state index is 12.0. The molecule has 1 aromatic rings. The van der Waals surface area contributed by atoms with E-state index >= 15 is 0 Å². The van der Waals surface area contributed by atoms with Crippen LogP contribution in [0, 0.1) is 5.92 Å². The number of carboxylic acids is 1. The van der Waals surface area contributed by atoms with Crippen molar-refractivity contribution in [3.8, 4) is 0 Å². The molecule has 0 spiro atoms. The van der Waals surface area contributed by atoms with Gasteiger partial charge in [0.1, 0.15) is 6.54 Å². The molecular weight excluding hydrogens is 278 g/mol. The Hall–Kier alpha value is -2.58. The summed E-state index contributed by atoms with van der Waals surface area (Å²) in [6.45, 7) is 0.658. The van der Waals surface area contributed by atoms with Gasteiger partial charge in [0, 0.05) is 25.2 Å². The fourth-order valence-electron chi connectivity index (χ4n) is 2.22. The molecule has 3 amide bonds. The van der Waals surface area contributed by atoms with Crippen LogP contribution in [0.2, 0.25) is 0 Å². The van der Waals surface area contributed by atoms with Gasteiger partial charge in [-0.25, -0.2) is 4.79 Å². The summed E-state index contributed by atoms with van der Waals surface area (Å²) < 4.78 is 1.22. The van der Waals surface area contributed by atoms with Crippen molar-refractivity contribution in [2.75, 3.05) is 18.4 Å². The number of anilines is 1. The fraction of sp³-hybridized carbons (Fsp3) is 0.500. The molecule has 1 aliphatic heterocycles. The van der Waals surface area contributed by atoms with Crippen molar-refractivity contribution in [2.24, 2.45) is 11.7 Å². The summed E-state index contributed by atoms with van der Waals surface area (Å²) in [6.07, 6.45) is 3.95. The number of amides is 3. The van der Waals surface area contributed by atoms with Gasteiger partial charge in [0.15, 0.2) is 0 Å². The number of aromatic nitrogens is 2. The van der Waals surface area contributed by atoms with Gasteiger partial charge >= 0.3 is 12.0 Å². The number of nitrogens with zero attached hydrogens (tertiary/aromatic N) is 3. The van der Waals surface area contributed by atoms with Gasteiger partial charge in [0.05, 0.1) is 11.9 Å². The summed E-state index contributed by atoms with van der Waals surface area (Å²) in [4.78, 5) is 35.2. The lowest BCUT2D eigenvalue weighted by atomic mass is 9.96. The average Bonchev–Trinajstić information content (AvgIpc) is 2.85. The summed E-state index contributed by atoms with van der Waals surface area (Å²) >= 11 is 0. The molecule has 0 saturated carbocycles. The van der Waals surface area contributed by atoms with E-state index in [0.717, 1.165) is 0 Å². The monoisotopic (exact) mass is 295 g/mol. The average molecular weight is 295 g/mol. The van der Waals surface area contributed by atoms with Crippen molar-refractivity contribution in [1.82, 2.24) is 14.7 Å². The molecule has 1 aromatic heterocycles. The molecule has 0 atom stereocenters. The summed E-state index contributed by atoms with van der Waals surface area (Å²) in [6, 6.07) is -0.298. The Bertz CT molecular complexity index is 548. The number of carbonyl (C=O) groups excluding carboxylic acids is 2. The van der Waals surface area contributed by atoms with Crippen LogP contribution < -0.4 is 11.1 Å². The maximum Gasteiger partial charge on any atom is 0.325 e. The first kappa shape index (κ1) is 14.8. The van der Waals surface area contributed by atoms with Crippen LogP contribution >= 0.6 is 0 Å². The molecule has 0 aliphatic carbocycles. The number of nitrogens with one attached hydrogen (secondary N) is 1. The lowest BCUT2D eigenvalue weighted by Crippen LogP contribution is -2.43. The van der Waals surface area contributed by atoms with E-state index in [1.165, 1.54) is 17.1 Å². The zero-order valence-corrected chi connectivity index (χ0v) is 11.4. The predicted octanol–water partition coefficient (Wildman–Crippen LogP) is -0.303. The van der Waals surface area contributed by atoms with Gasteiger partial charge in [0.25, 0.3) is 0 Å². The first-order valence-electron chi connectivity index (χ1n) is 6.55. The van der Waals surface area contributed by atoms with E-state index < -0.39 is 5.97 Å². The maximum atomic E-state index is 12.0. The molecule has 114 valence electrons. The van der Waals surface area contributed by atoms with E-state index in [1.807, 2.05) is 0 Å². The highest BCUT2D eigenvalue weighted by atomic mass is 16.4. The number of carboxylic acid groups (broad SMARTS) is 1. The molecule has 2 heterocycles. The van der Waals surface area contributed by atoms with E-state index in [0.29, 0.717) is 31.6 Å². The van der Waals surface area contributed by atoms with Crippen molar-refractivity contribution >= 4 is 23.6 Å². The van der Waals surface area contributed by atoms with Crippen LogP contribution in [0.1, 0.15) is 12.8 Å². The first-order chi connectivity index (χ1) is 9.95. The van der Waals surface area contributed by atoms with Gasteiger partial charge in [0.2, 0.25) is 5.91 Å². The van der Waals surface area contributed by atoms with Gasteiger partial charge in [-0.2, -0.15) is 5.10 Å². The SMILES string of the molecule is NC(=O)C1CCN(C(=O)Nc2cnn(CC(=O)O)c2)CC1. The molecule has 0 radical (unpaired) electrons. The molecule has 21 heavy (non-hydrogen) atoms. The topological polar surface area (TPSA) is 131 Å². The fourth-order valence-corrected chi connectivity index (χ4v) is 2.22. The highest BCUT2D eigenvalue weighted by molar-refractivity contribution is 5.89. The van der Waals surface area contributed by atoms with E-state index in [2.05, 4.69) is 10.4 Å². The molecule has 1 fully saturated rings. The predicted molar refractivity (Wildman–Crippen MR) is 72.4 cm³/mol. The van der Waals surface area contributed by atoms with E-state index in [-0.39, 0.29) is 24.4 Å². The largest absolute Gasteiger partial charge is 0.480 e. The minimum Gasteiger partial charge on any atom is -0.480 e. The van der Waals surface area contributed by atoms with Crippen molar-refractivity contribution in [3.63, 3.8) is 0 Å². The molecule has 0 unspecified atom stereocenters. The highest BCUT2D eigenvalue weighted by Gasteiger charge is 2.25. The second-order valence-electron chi connectivity index (χ2n) is 4.91. The second kappa shape index (κ2) is 6.25. The number of primary amides is 1. The number of urea groups is 1. The molecule has 9 heteroatoms. The number of piperidine rings is 1. The Morgan fingerprint density at radius 3 is 2.62 bits per heavy atom. The van der Waals surface area contributed by atoms with Gasteiger partial charge in [-0.3, -0.25) is 14.3 Å². The van der Waals surface area contributed by atoms with Crippen LogP contribution in [0.4, 0.5) is 10.5 Å². The number of nitrogens with two attached hydrogens (primary N) is 1. The van der Waals surface area contributed by atoms with Crippen LogP contribution in [0.3, 0.4) is 0 Å². The number of hydrogen-bond acceptors (Lipinski definition) is 4. The van der Waals surface area contributed by atoms with Crippen LogP contribution in [0.25, 0.3) is 0 Å². The Balaban J connectivity index is 1.86. The van der Waals surface area contributed by atoms with E-state index in [9.17, 15) is 14.4 Å². The number of carbonyl (C=O) groups is 3. The van der Waals surface area contributed by atoms with E-state index in [4.69, 9.17) is 10.8 Å². The van der Waals surface area contributed by atoms with Gasteiger partial charge < -0.3 is 21.1 Å². The summed E-state index contributed by atoms with van der Waals surface area (Å²) in [7, 11) is 0. The highest BCUT2D eigenvalue weighted by Crippen LogP contribution is 2.17. The zero-order valence-electron chi connectivity index (χ0n) is 11.4. The number of likely N-dealkylation sites (tertiary alicyclic amines) is 1. The van der Waals surface area contributed by atoms with Gasteiger partial charge in [-0.15, -0.1) is 0 Å². The normalized spacial score (nSPS) is 15.7. The third kappa shape index (κ3) is 3.94. The minimum atomic E-state index is -1.01. The Morgan fingerprint density at radius 2 is 2.05 bits per heavy atom. The quantitative estimate of drug-likeness (QED) is 0.701. The van der Waals surface area contributed by atoms with Crippen molar-refractivity contribution < 1.29 is 19.5 Å². The van der Waals surface area contributed by atoms with Crippen LogP contribution in [0.5, 0.6) is 0 Å². The summed E-state index contributed by atoms with van der Waals surface area (Å²) in [5, 5.41) is 15.1. The van der Waals surface area contributed by atoms with Crippen LogP contribution in [-0.4, -0.2) is 50.8 Å². The standard InChI is InChI=1S/C12H17N5O4/c13-11(20)8-1-3-16(4-2-8)12(21)15-9-5-14-17(6-9)7-10(18)19/h5-6,8H,1-4,7H2,(H2,13,20)(H,15,21)(H,18,19). The van der Waals surface area contributed by atoms with Crippen molar-refractivity contribution in [1.29, 1.82) is 0 Å². The number of hydrogen-bond donors (Lipinski definition) is 3. The van der Waals surface area contributed by atoms with Gasteiger partial charge in [-0.1, -0.05) is 0 Å². The minimum absolute atomic E-state index is 0.174. The Labute approximate surface area is 120 Å². The van der Waals surface area contributed by atoms with Gasteiger partial charge in [-0.05, 0) is 12.8 Å². The van der Waals surface area contributed by atoms with Crippen LogP contribution in [-0.2, 0) is 16.1 Å². The molecule has 0 aromatic carbocycles. The molecule has 2 rings (SSSR count). The molecule has 1 aliphatic rings. The summed E-state index contributed by atoms with van der Waals surface area (Å²) in [5.41, 5.74) is 5.67.